The molecule has 1 saturated heterocycles. The highest BCUT2D eigenvalue weighted by Gasteiger charge is 2.49. The molecule has 2 aromatic rings. The highest BCUT2D eigenvalue weighted by molar-refractivity contribution is 7.11. The van der Waals surface area contributed by atoms with Gasteiger partial charge in [-0.2, -0.15) is 0 Å². The third kappa shape index (κ3) is 2.88. The number of likely N-dealkylation sites (tertiary alicyclic amines) is 1. The molecule has 3 heterocycles. The summed E-state index contributed by atoms with van der Waals surface area (Å²) in [5, 5.41) is 15.8. The first kappa shape index (κ1) is 16.1. The van der Waals surface area contributed by atoms with Crippen LogP contribution in [0.2, 0.25) is 0 Å². The van der Waals surface area contributed by atoms with Crippen LogP contribution in [-0.2, 0) is 10.3 Å². The summed E-state index contributed by atoms with van der Waals surface area (Å²) < 4.78 is 6.54. The predicted octanol–water partition coefficient (Wildman–Crippen LogP) is 3.16. The quantitative estimate of drug-likeness (QED) is 0.868. The van der Waals surface area contributed by atoms with E-state index in [4.69, 9.17) is 4.74 Å². The van der Waals surface area contributed by atoms with Crippen LogP contribution in [0.25, 0.3) is 0 Å². The number of methoxy groups -OCH3 is 1. The molecule has 5 heteroatoms. The van der Waals surface area contributed by atoms with Crippen molar-refractivity contribution in [3.8, 4) is 0 Å². The van der Waals surface area contributed by atoms with Crippen LogP contribution in [-0.4, -0.2) is 50.0 Å². The van der Waals surface area contributed by atoms with Crippen LogP contribution in [0, 0.1) is 5.92 Å². The van der Waals surface area contributed by atoms with Gasteiger partial charge in [0.2, 0.25) is 0 Å². The molecule has 0 saturated carbocycles. The summed E-state index contributed by atoms with van der Waals surface area (Å²) in [6.45, 7) is 1.95. The van der Waals surface area contributed by atoms with Gasteiger partial charge in [-0.15, -0.1) is 22.7 Å². The van der Waals surface area contributed by atoms with Gasteiger partial charge in [-0.05, 0) is 29.3 Å². The fourth-order valence-corrected chi connectivity index (χ4v) is 5.58. The van der Waals surface area contributed by atoms with Crippen molar-refractivity contribution in [1.82, 2.24) is 0 Å². The van der Waals surface area contributed by atoms with Crippen molar-refractivity contribution in [3.05, 3.63) is 44.8 Å². The number of aliphatic hydroxyl groups is 1. The maximum Gasteiger partial charge on any atom is 0.141 e. The highest BCUT2D eigenvalue weighted by atomic mass is 32.1. The summed E-state index contributed by atoms with van der Waals surface area (Å²) in [5.41, 5.74) is -0.908. The van der Waals surface area contributed by atoms with Crippen molar-refractivity contribution < 1.29 is 14.3 Å². The van der Waals surface area contributed by atoms with Gasteiger partial charge in [0, 0.05) is 22.8 Å². The Hall–Kier alpha value is -0.720. The Morgan fingerprint density at radius 1 is 1.14 bits per heavy atom. The molecule has 2 aromatic heterocycles. The molecule has 120 valence electrons. The molecule has 2 atom stereocenters. The molecular weight excluding hydrogens is 314 g/mol. The molecule has 1 fully saturated rings. The summed E-state index contributed by atoms with van der Waals surface area (Å²) in [5.74, 6) is 0.151. The molecular formula is C17H24NO2S2+. The fourth-order valence-electron chi connectivity index (χ4n) is 3.68. The smallest absolute Gasteiger partial charge is 0.141 e. The second-order valence-corrected chi connectivity index (χ2v) is 8.71. The van der Waals surface area contributed by atoms with E-state index >= 15 is 0 Å². The van der Waals surface area contributed by atoms with Gasteiger partial charge < -0.3 is 14.3 Å². The van der Waals surface area contributed by atoms with Crippen LogP contribution >= 0.6 is 22.7 Å². The van der Waals surface area contributed by atoms with Gasteiger partial charge in [0.25, 0.3) is 0 Å². The summed E-state index contributed by atoms with van der Waals surface area (Å²) in [6.07, 6.45) is 1.09. The Kier molecular flexibility index (Phi) is 4.45. The van der Waals surface area contributed by atoms with E-state index in [-0.39, 0.29) is 12.0 Å². The van der Waals surface area contributed by atoms with Crippen molar-refractivity contribution in [2.75, 3.05) is 34.3 Å². The van der Waals surface area contributed by atoms with Crippen LogP contribution in [0.3, 0.4) is 0 Å². The van der Waals surface area contributed by atoms with Crippen LogP contribution < -0.4 is 0 Å². The van der Waals surface area contributed by atoms with Crippen molar-refractivity contribution >= 4 is 22.7 Å². The first-order valence-electron chi connectivity index (χ1n) is 7.61. The minimum Gasteiger partial charge on any atom is -0.378 e. The van der Waals surface area contributed by atoms with Crippen molar-refractivity contribution in [2.45, 2.75) is 18.1 Å². The Bertz CT molecular complexity index is 558. The van der Waals surface area contributed by atoms with E-state index in [2.05, 4.69) is 26.2 Å². The normalized spacial score (nSPS) is 25.3. The van der Waals surface area contributed by atoms with Crippen LogP contribution in [0.1, 0.15) is 16.2 Å². The van der Waals surface area contributed by atoms with Gasteiger partial charge in [-0.3, -0.25) is 0 Å². The zero-order chi connectivity index (χ0) is 15.8. The van der Waals surface area contributed by atoms with E-state index < -0.39 is 5.60 Å². The molecule has 0 amide bonds. The van der Waals surface area contributed by atoms with Crippen molar-refractivity contribution in [3.63, 3.8) is 0 Å². The molecule has 0 bridgehead atoms. The zero-order valence-corrected chi connectivity index (χ0v) is 15.0. The minimum atomic E-state index is -0.908. The van der Waals surface area contributed by atoms with Gasteiger partial charge in [0.1, 0.15) is 18.2 Å². The lowest BCUT2D eigenvalue weighted by Crippen LogP contribution is -2.58. The topological polar surface area (TPSA) is 29.5 Å². The zero-order valence-electron chi connectivity index (χ0n) is 13.4. The van der Waals surface area contributed by atoms with E-state index in [0.717, 1.165) is 33.7 Å². The molecule has 3 rings (SSSR count). The maximum absolute atomic E-state index is 11.8. The molecule has 22 heavy (non-hydrogen) atoms. The second kappa shape index (κ2) is 6.06. The molecule has 0 aromatic carbocycles. The first-order valence-corrected chi connectivity index (χ1v) is 9.37. The number of quaternary nitrogens is 1. The van der Waals surface area contributed by atoms with Crippen LogP contribution in [0.15, 0.2) is 35.0 Å². The highest BCUT2D eigenvalue weighted by Crippen LogP contribution is 2.45. The molecule has 3 nitrogen and oxygen atoms in total. The minimum absolute atomic E-state index is 0.151. The molecule has 1 aliphatic rings. The van der Waals surface area contributed by atoms with Crippen LogP contribution in [0.5, 0.6) is 0 Å². The second-order valence-electron chi connectivity index (χ2n) is 6.81. The Morgan fingerprint density at radius 2 is 1.73 bits per heavy atom. The van der Waals surface area contributed by atoms with Gasteiger partial charge in [-0.1, -0.05) is 12.1 Å². The lowest BCUT2D eigenvalue weighted by molar-refractivity contribution is -0.903. The number of thiophene rings is 2. The Balaban J connectivity index is 2.03. The van der Waals surface area contributed by atoms with E-state index in [0.29, 0.717) is 0 Å². The third-order valence-corrected chi connectivity index (χ3v) is 6.67. The predicted molar refractivity (Wildman–Crippen MR) is 92.4 cm³/mol. The number of ether oxygens (including phenoxy) is 1. The molecule has 0 spiro atoms. The van der Waals surface area contributed by atoms with E-state index in [9.17, 15) is 5.11 Å². The standard InChI is InChI=1S/C17H24NO2S2/c1-18(2)11-13(10-14(12-18)20-3)17(19,15-6-4-8-21-15)16-7-5-9-22-16/h4-9,13-14,19H,10-12H2,1-3H3/q+1. The van der Waals surface area contributed by atoms with E-state index in [1.165, 1.54) is 0 Å². The summed E-state index contributed by atoms with van der Waals surface area (Å²) in [6, 6.07) is 8.16. The molecule has 0 radical (unpaired) electrons. The number of piperidine rings is 1. The first-order chi connectivity index (χ1) is 10.5. The lowest BCUT2D eigenvalue weighted by Gasteiger charge is -2.46. The number of hydrogen-bond donors (Lipinski definition) is 1. The van der Waals surface area contributed by atoms with Gasteiger partial charge in [0.15, 0.2) is 0 Å². The summed E-state index contributed by atoms with van der Waals surface area (Å²) in [4.78, 5) is 2.08. The monoisotopic (exact) mass is 338 g/mol. The largest absolute Gasteiger partial charge is 0.378 e. The maximum atomic E-state index is 11.8. The lowest BCUT2D eigenvalue weighted by atomic mass is 9.78. The molecule has 2 unspecified atom stereocenters. The number of rotatable bonds is 4. The SMILES string of the molecule is COC1CC(C(O)(c2cccs2)c2cccs2)C[N+](C)(C)C1. The van der Waals surface area contributed by atoms with E-state index in [1.807, 2.05) is 22.9 Å². The summed E-state index contributed by atoms with van der Waals surface area (Å²) in [7, 11) is 6.23. The number of nitrogens with zero attached hydrogens (tertiary/aromatic N) is 1. The van der Waals surface area contributed by atoms with Gasteiger partial charge >= 0.3 is 0 Å². The van der Waals surface area contributed by atoms with E-state index in [1.54, 1.807) is 29.8 Å². The third-order valence-electron chi connectivity index (χ3n) is 4.68. The summed E-state index contributed by atoms with van der Waals surface area (Å²) >= 11 is 3.28. The molecule has 0 aliphatic carbocycles. The molecule has 1 N–H and O–H groups in total. The fraction of sp³-hybridized carbons (Fsp3) is 0.529. The number of hydrogen-bond acceptors (Lipinski definition) is 4. The van der Waals surface area contributed by atoms with Crippen molar-refractivity contribution in [2.24, 2.45) is 5.92 Å². The Morgan fingerprint density at radius 3 is 2.18 bits per heavy atom. The Labute approximate surface area is 140 Å². The van der Waals surface area contributed by atoms with Crippen LogP contribution in [0.4, 0.5) is 0 Å². The van der Waals surface area contributed by atoms with Gasteiger partial charge in [0.05, 0.1) is 20.6 Å². The molecule has 1 aliphatic heterocycles. The average Bonchev–Trinajstić information content (AvgIpc) is 3.17. The average molecular weight is 339 g/mol. The number of likely N-dealkylation sites (N-methyl/N-ethyl adjacent to an activating group) is 1. The van der Waals surface area contributed by atoms with Crippen molar-refractivity contribution in [1.29, 1.82) is 0 Å². The van der Waals surface area contributed by atoms with Gasteiger partial charge in [-0.25, -0.2) is 0 Å².